The fourth-order valence-corrected chi connectivity index (χ4v) is 1.87. The predicted octanol–water partition coefficient (Wildman–Crippen LogP) is 3.26. The summed E-state index contributed by atoms with van der Waals surface area (Å²) >= 11 is 0. The number of nitrogens with zero attached hydrogens (tertiary/aromatic N) is 1. The van der Waals surface area contributed by atoms with Gasteiger partial charge in [0.1, 0.15) is 0 Å². The van der Waals surface area contributed by atoms with Gasteiger partial charge in [-0.05, 0) is 43.5 Å². The highest BCUT2D eigenvalue weighted by atomic mass is 14.9. The van der Waals surface area contributed by atoms with Crippen LogP contribution in [0.2, 0.25) is 0 Å². The molecule has 2 nitrogen and oxygen atoms in total. The third-order valence-electron chi connectivity index (χ3n) is 3.04. The second-order valence-corrected chi connectivity index (χ2v) is 4.08. The van der Waals surface area contributed by atoms with E-state index >= 15 is 0 Å². The Morgan fingerprint density at radius 1 is 1.50 bits per heavy atom. The maximum absolute atomic E-state index is 4.18. The first kappa shape index (κ1) is 12.9. The molecule has 0 fully saturated rings. The van der Waals surface area contributed by atoms with Crippen molar-refractivity contribution < 1.29 is 0 Å². The van der Waals surface area contributed by atoms with Crippen LogP contribution in [0.5, 0.6) is 0 Å². The summed E-state index contributed by atoms with van der Waals surface area (Å²) < 4.78 is 0. The van der Waals surface area contributed by atoms with Gasteiger partial charge in [-0.3, -0.25) is 4.98 Å². The van der Waals surface area contributed by atoms with E-state index in [0.29, 0.717) is 6.04 Å². The van der Waals surface area contributed by atoms with Crippen molar-refractivity contribution in [3.05, 3.63) is 41.7 Å². The highest BCUT2D eigenvalue weighted by Crippen LogP contribution is 2.24. The summed E-state index contributed by atoms with van der Waals surface area (Å²) in [5.74, 6) is 0. The standard InChI is InChI=1S/C14H22N2/c1-5-11(3)9-14(15-4)13-7-8-16-10-12(13)6-2/h7-8,10,14-15H,3,5-6,9H2,1-2,4H3. The first-order valence-electron chi connectivity index (χ1n) is 5.99. The van der Waals surface area contributed by atoms with Crippen LogP contribution in [0, 0.1) is 0 Å². The van der Waals surface area contributed by atoms with Crippen molar-refractivity contribution in [2.75, 3.05) is 7.05 Å². The smallest absolute Gasteiger partial charge is 0.0358 e. The molecule has 1 rings (SSSR count). The van der Waals surface area contributed by atoms with Crippen LogP contribution >= 0.6 is 0 Å². The van der Waals surface area contributed by atoms with Crippen LogP contribution in [0.25, 0.3) is 0 Å². The molecule has 0 aliphatic heterocycles. The Labute approximate surface area is 98.8 Å². The molecule has 0 spiro atoms. The summed E-state index contributed by atoms with van der Waals surface area (Å²) in [6.07, 6.45) is 6.91. The number of aromatic nitrogens is 1. The van der Waals surface area contributed by atoms with E-state index in [9.17, 15) is 0 Å². The van der Waals surface area contributed by atoms with Crippen molar-refractivity contribution >= 4 is 0 Å². The summed E-state index contributed by atoms with van der Waals surface area (Å²) in [5.41, 5.74) is 3.97. The number of aryl methyl sites for hydroxylation is 1. The van der Waals surface area contributed by atoms with E-state index in [1.165, 1.54) is 16.7 Å². The Morgan fingerprint density at radius 3 is 2.81 bits per heavy atom. The van der Waals surface area contributed by atoms with E-state index in [4.69, 9.17) is 0 Å². The van der Waals surface area contributed by atoms with Crippen LogP contribution < -0.4 is 5.32 Å². The quantitative estimate of drug-likeness (QED) is 0.741. The highest BCUT2D eigenvalue weighted by Gasteiger charge is 2.13. The minimum Gasteiger partial charge on any atom is -0.313 e. The van der Waals surface area contributed by atoms with Crippen LogP contribution in [0.3, 0.4) is 0 Å². The Morgan fingerprint density at radius 2 is 2.25 bits per heavy atom. The molecule has 0 radical (unpaired) electrons. The molecule has 1 aromatic heterocycles. The zero-order valence-electron chi connectivity index (χ0n) is 10.6. The Bertz CT molecular complexity index is 344. The molecule has 0 aromatic carbocycles. The lowest BCUT2D eigenvalue weighted by atomic mass is 9.95. The Kier molecular flexibility index (Phi) is 5.20. The number of hydrogen-bond donors (Lipinski definition) is 1. The average Bonchev–Trinajstić information content (AvgIpc) is 2.35. The highest BCUT2D eigenvalue weighted by molar-refractivity contribution is 5.27. The topological polar surface area (TPSA) is 24.9 Å². The lowest BCUT2D eigenvalue weighted by Gasteiger charge is -2.20. The summed E-state index contributed by atoms with van der Waals surface area (Å²) in [6, 6.07) is 2.48. The van der Waals surface area contributed by atoms with Crippen molar-refractivity contribution in [1.29, 1.82) is 0 Å². The second kappa shape index (κ2) is 6.44. The largest absolute Gasteiger partial charge is 0.313 e. The van der Waals surface area contributed by atoms with Gasteiger partial charge in [0, 0.05) is 18.4 Å². The molecular formula is C14H22N2. The maximum atomic E-state index is 4.18. The molecule has 1 N–H and O–H groups in total. The van der Waals surface area contributed by atoms with Crippen molar-refractivity contribution in [2.24, 2.45) is 0 Å². The van der Waals surface area contributed by atoms with Crippen LogP contribution in [0.15, 0.2) is 30.6 Å². The van der Waals surface area contributed by atoms with Gasteiger partial charge in [0.25, 0.3) is 0 Å². The minimum absolute atomic E-state index is 0.366. The number of rotatable bonds is 6. The molecule has 0 saturated heterocycles. The van der Waals surface area contributed by atoms with Crippen molar-refractivity contribution in [2.45, 2.75) is 39.2 Å². The van der Waals surface area contributed by atoms with Crippen molar-refractivity contribution in [1.82, 2.24) is 10.3 Å². The fourth-order valence-electron chi connectivity index (χ4n) is 1.87. The second-order valence-electron chi connectivity index (χ2n) is 4.08. The van der Waals surface area contributed by atoms with E-state index in [1.54, 1.807) is 0 Å². The fraction of sp³-hybridized carbons (Fsp3) is 0.500. The van der Waals surface area contributed by atoms with Gasteiger partial charge in [0.15, 0.2) is 0 Å². The Hall–Kier alpha value is -1.15. The van der Waals surface area contributed by atoms with Crippen LogP contribution in [-0.2, 0) is 6.42 Å². The van der Waals surface area contributed by atoms with E-state index in [2.05, 4.69) is 36.8 Å². The molecular weight excluding hydrogens is 196 g/mol. The molecule has 1 heterocycles. The molecule has 1 aromatic rings. The first-order chi connectivity index (χ1) is 7.72. The van der Waals surface area contributed by atoms with E-state index in [0.717, 1.165) is 19.3 Å². The number of nitrogens with one attached hydrogen (secondary N) is 1. The molecule has 88 valence electrons. The summed E-state index contributed by atoms with van der Waals surface area (Å²) in [7, 11) is 2.01. The molecule has 0 aliphatic rings. The van der Waals surface area contributed by atoms with Gasteiger partial charge >= 0.3 is 0 Å². The maximum Gasteiger partial charge on any atom is 0.0358 e. The average molecular weight is 218 g/mol. The molecule has 16 heavy (non-hydrogen) atoms. The van der Waals surface area contributed by atoms with Crippen LogP contribution in [0.1, 0.15) is 43.9 Å². The van der Waals surface area contributed by atoms with E-state index in [1.807, 2.05) is 19.4 Å². The lowest BCUT2D eigenvalue weighted by molar-refractivity contribution is 0.577. The van der Waals surface area contributed by atoms with Crippen molar-refractivity contribution in [3.8, 4) is 0 Å². The molecule has 2 heteroatoms. The molecule has 0 bridgehead atoms. The number of hydrogen-bond acceptors (Lipinski definition) is 2. The SMILES string of the molecule is C=C(CC)CC(NC)c1ccncc1CC. The molecule has 0 saturated carbocycles. The molecule has 1 atom stereocenters. The van der Waals surface area contributed by atoms with Gasteiger partial charge in [-0.1, -0.05) is 26.0 Å². The van der Waals surface area contributed by atoms with E-state index in [-0.39, 0.29) is 0 Å². The minimum atomic E-state index is 0.366. The number of pyridine rings is 1. The first-order valence-corrected chi connectivity index (χ1v) is 5.99. The molecule has 0 amide bonds. The monoisotopic (exact) mass is 218 g/mol. The van der Waals surface area contributed by atoms with Gasteiger partial charge in [-0.15, -0.1) is 0 Å². The summed E-state index contributed by atoms with van der Waals surface area (Å²) in [6.45, 7) is 8.41. The normalized spacial score (nSPS) is 12.4. The van der Waals surface area contributed by atoms with Crippen LogP contribution in [0.4, 0.5) is 0 Å². The molecule has 1 unspecified atom stereocenters. The third-order valence-corrected chi connectivity index (χ3v) is 3.04. The van der Waals surface area contributed by atoms with Gasteiger partial charge in [0.2, 0.25) is 0 Å². The van der Waals surface area contributed by atoms with Gasteiger partial charge < -0.3 is 5.32 Å². The summed E-state index contributed by atoms with van der Waals surface area (Å²) in [5, 5.41) is 3.37. The predicted molar refractivity (Wildman–Crippen MR) is 69.5 cm³/mol. The van der Waals surface area contributed by atoms with Gasteiger partial charge in [0.05, 0.1) is 0 Å². The van der Waals surface area contributed by atoms with Crippen LogP contribution in [-0.4, -0.2) is 12.0 Å². The van der Waals surface area contributed by atoms with E-state index < -0.39 is 0 Å². The molecule has 0 aliphatic carbocycles. The van der Waals surface area contributed by atoms with Gasteiger partial charge in [-0.25, -0.2) is 0 Å². The zero-order chi connectivity index (χ0) is 12.0. The summed E-state index contributed by atoms with van der Waals surface area (Å²) in [4.78, 5) is 4.18. The lowest BCUT2D eigenvalue weighted by Crippen LogP contribution is -2.18. The van der Waals surface area contributed by atoms with Gasteiger partial charge in [-0.2, -0.15) is 0 Å². The Balaban J connectivity index is 2.89. The van der Waals surface area contributed by atoms with Crippen molar-refractivity contribution in [3.63, 3.8) is 0 Å². The zero-order valence-corrected chi connectivity index (χ0v) is 10.6. The third kappa shape index (κ3) is 3.17.